The van der Waals surface area contributed by atoms with E-state index in [0.29, 0.717) is 40.7 Å². The Morgan fingerprint density at radius 1 is 1.19 bits per heavy atom. The zero-order valence-corrected chi connectivity index (χ0v) is 21.1. The highest BCUT2D eigenvalue weighted by Gasteiger charge is 2.48. The van der Waals surface area contributed by atoms with E-state index >= 15 is 0 Å². The number of aliphatic hydroxyl groups is 1. The summed E-state index contributed by atoms with van der Waals surface area (Å²) in [5, 5.41) is 20.5. The van der Waals surface area contributed by atoms with Gasteiger partial charge in [0.15, 0.2) is 11.5 Å². The first-order chi connectivity index (χ1) is 17.3. The minimum absolute atomic E-state index is 0.0277. The van der Waals surface area contributed by atoms with Crippen LogP contribution >= 0.6 is 11.3 Å². The van der Waals surface area contributed by atoms with Gasteiger partial charge in [-0.25, -0.2) is 0 Å². The fourth-order valence-electron chi connectivity index (χ4n) is 4.58. The number of ketones is 1. The molecule has 9 nitrogen and oxygen atoms in total. The van der Waals surface area contributed by atoms with Crippen LogP contribution in [0.1, 0.15) is 41.6 Å². The van der Waals surface area contributed by atoms with E-state index in [1.807, 2.05) is 13.8 Å². The molecule has 1 aromatic heterocycles. The Hall–Kier alpha value is -3.92. The first-order valence-corrected chi connectivity index (χ1v) is 12.4. The van der Waals surface area contributed by atoms with Gasteiger partial charge in [0.1, 0.15) is 22.6 Å². The second-order valence-electron chi connectivity index (χ2n) is 8.57. The summed E-state index contributed by atoms with van der Waals surface area (Å²) < 4.78 is 16.9. The Labute approximate surface area is 211 Å². The summed E-state index contributed by atoms with van der Waals surface area (Å²) in [5.74, 6) is -0.141. The van der Waals surface area contributed by atoms with Crippen molar-refractivity contribution in [1.29, 1.82) is 0 Å². The third kappa shape index (κ3) is 3.97. The molecule has 3 aromatic rings. The fraction of sp³-hybridized carbons (Fsp3) is 0.308. The number of hydrogen-bond acceptors (Lipinski definition) is 9. The van der Waals surface area contributed by atoms with Gasteiger partial charge < -0.3 is 19.3 Å². The molecule has 0 radical (unpaired) electrons. The van der Waals surface area contributed by atoms with Gasteiger partial charge in [0.2, 0.25) is 5.13 Å². The Bertz CT molecular complexity index is 1400. The van der Waals surface area contributed by atoms with E-state index in [4.69, 9.17) is 14.2 Å². The molecule has 0 spiro atoms. The van der Waals surface area contributed by atoms with Crippen molar-refractivity contribution in [3.63, 3.8) is 0 Å². The van der Waals surface area contributed by atoms with Crippen LogP contribution in [-0.2, 0) is 16.0 Å². The van der Waals surface area contributed by atoms with Crippen LogP contribution in [0.4, 0.5) is 5.13 Å². The molecule has 186 valence electrons. The van der Waals surface area contributed by atoms with Crippen LogP contribution in [0.25, 0.3) is 5.76 Å². The number of methoxy groups -OCH3 is 1. The zero-order valence-electron chi connectivity index (χ0n) is 20.3. The third-order valence-corrected chi connectivity index (χ3v) is 6.98. The van der Waals surface area contributed by atoms with E-state index in [0.717, 1.165) is 11.3 Å². The number of rotatable bonds is 6. The molecule has 2 aliphatic rings. The summed E-state index contributed by atoms with van der Waals surface area (Å²) >= 11 is 1.19. The average Bonchev–Trinajstić information content (AvgIpc) is 3.53. The molecule has 0 unspecified atom stereocenters. The summed E-state index contributed by atoms with van der Waals surface area (Å²) in [7, 11) is 1.51. The lowest BCUT2D eigenvalue weighted by Crippen LogP contribution is -2.29. The predicted octanol–water partition coefficient (Wildman–Crippen LogP) is 4.20. The van der Waals surface area contributed by atoms with Gasteiger partial charge in [-0.15, -0.1) is 10.2 Å². The van der Waals surface area contributed by atoms with E-state index in [2.05, 4.69) is 10.2 Å². The number of anilines is 1. The number of nitrogens with zero attached hydrogens (tertiary/aromatic N) is 3. The average molecular weight is 508 g/mol. The van der Waals surface area contributed by atoms with Gasteiger partial charge in [0.25, 0.3) is 5.78 Å². The largest absolute Gasteiger partial charge is 0.507 e. The molecular formula is C26H25N3O6S. The molecule has 5 rings (SSSR count). The monoisotopic (exact) mass is 507 g/mol. The molecular weight excluding hydrogens is 482 g/mol. The van der Waals surface area contributed by atoms with Gasteiger partial charge in [0.05, 0.1) is 25.3 Å². The summed E-state index contributed by atoms with van der Waals surface area (Å²) in [5.41, 5.74) is 1.88. The van der Waals surface area contributed by atoms with Crippen molar-refractivity contribution in [1.82, 2.24) is 10.2 Å². The van der Waals surface area contributed by atoms with Crippen molar-refractivity contribution in [3.05, 3.63) is 63.7 Å². The number of aryl methyl sites for hydroxylation is 1. The minimum atomic E-state index is -0.939. The molecule has 2 aliphatic heterocycles. The Kier molecular flexibility index (Phi) is 6.13. The number of aromatic nitrogens is 2. The molecule has 36 heavy (non-hydrogen) atoms. The number of fused-ring (bicyclic) bond motifs is 1. The van der Waals surface area contributed by atoms with E-state index in [-0.39, 0.29) is 22.6 Å². The van der Waals surface area contributed by atoms with Gasteiger partial charge >= 0.3 is 5.91 Å². The molecule has 1 fully saturated rings. The van der Waals surface area contributed by atoms with Crippen molar-refractivity contribution in [2.75, 3.05) is 18.6 Å². The summed E-state index contributed by atoms with van der Waals surface area (Å²) in [6.45, 7) is 6.04. The molecule has 1 N–H and O–H groups in total. The highest BCUT2D eigenvalue weighted by molar-refractivity contribution is 7.15. The van der Waals surface area contributed by atoms with Gasteiger partial charge in [-0.05, 0) is 62.2 Å². The molecule has 10 heteroatoms. The maximum Gasteiger partial charge on any atom is 0.301 e. The number of benzene rings is 2. The minimum Gasteiger partial charge on any atom is -0.507 e. The Morgan fingerprint density at radius 3 is 2.69 bits per heavy atom. The molecule has 3 heterocycles. The van der Waals surface area contributed by atoms with Crippen molar-refractivity contribution in [2.45, 2.75) is 39.3 Å². The van der Waals surface area contributed by atoms with Crippen LogP contribution in [0.2, 0.25) is 0 Å². The lowest BCUT2D eigenvalue weighted by atomic mass is 9.94. The van der Waals surface area contributed by atoms with Gasteiger partial charge in [-0.2, -0.15) is 0 Å². The van der Waals surface area contributed by atoms with Crippen molar-refractivity contribution in [2.24, 2.45) is 0 Å². The quantitative estimate of drug-likeness (QED) is 0.300. The summed E-state index contributed by atoms with van der Waals surface area (Å²) in [6.07, 6.45) is 0.717. The molecule has 0 saturated carbocycles. The Balaban J connectivity index is 1.69. The number of amides is 1. The number of aliphatic hydroxyl groups excluding tert-OH is 1. The molecule has 0 aliphatic carbocycles. The van der Waals surface area contributed by atoms with E-state index in [1.54, 1.807) is 43.3 Å². The number of carbonyl (C=O) groups is 2. The number of carbonyl (C=O) groups excluding carboxylic acids is 2. The smallest absolute Gasteiger partial charge is 0.301 e. The second kappa shape index (κ2) is 9.27. The predicted molar refractivity (Wildman–Crippen MR) is 134 cm³/mol. The van der Waals surface area contributed by atoms with Crippen molar-refractivity contribution >= 4 is 33.9 Å². The van der Waals surface area contributed by atoms with Gasteiger partial charge in [0, 0.05) is 12.0 Å². The maximum atomic E-state index is 13.4. The molecule has 2 atom stereocenters. The summed E-state index contributed by atoms with van der Waals surface area (Å²) in [4.78, 5) is 27.9. The fourth-order valence-corrected chi connectivity index (χ4v) is 5.30. The van der Waals surface area contributed by atoms with Crippen LogP contribution < -0.4 is 19.1 Å². The first kappa shape index (κ1) is 23.8. The SMILES string of the molecule is CCOc1ccc([C@H]2C(=C(O)c3ccc4c(c3)C[C@@H](C)O4)C(=O)C(=O)N2c2nnc(C)s2)cc1OC. The lowest BCUT2D eigenvalue weighted by Gasteiger charge is -2.23. The van der Waals surface area contributed by atoms with Gasteiger partial charge in [-0.1, -0.05) is 17.4 Å². The van der Waals surface area contributed by atoms with Crippen LogP contribution in [0, 0.1) is 6.92 Å². The molecule has 0 bridgehead atoms. The van der Waals surface area contributed by atoms with Crippen LogP contribution in [0.15, 0.2) is 42.0 Å². The van der Waals surface area contributed by atoms with Crippen LogP contribution in [-0.4, -0.2) is 46.8 Å². The second-order valence-corrected chi connectivity index (χ2v) is 9.73. The standard InChI is InChI=1S/C26H25N3O6S/c1-5-34-19-9-6-15(12-20(19)33-4)22-21(24(31)25(32)29(22)26-28-27-14(3)36-26)23(30)16-7-8-18-17(11-16)10-13(2)35-18/h6-9,11-13,22,30H,5,10H2,1-4H3/t13-,22+/m1/s1. The topological polar surface area (TPSA) is 111 Å². The third-order valence-electron chi connectivity index (χ3n) is 6.14. The highest BCUT2D eigenvalue weighted by atomic mass is 32.1. The molecule has 2 aromatic carbocycles. The number of ether oxygens (including phenoxy) is 3. The van der Waals surface area contributed by atoms with E-state index in [1.165, 1.54) is 23.3 Å². The maximum absolute atomic E-state index is 13.4. The highest BCUT2D eigenvalue weighted by Crippen LogP contribution is 2.45. The number of hydrogen-bond donors (Lipinski definition) is 1. The van der Waals surface area contributed by atoms with Gasteiger partial charge in [-0.3, -0.25) is 14.5 Å². The van der Waals surface area contributed by atoms with Crippen LogP contribution in [0.5, 0.6) is 17.2 Å². The van der Waals surface area contributed by atoms with E-state index in [9.17, 15) is 14.7 Å². The van der Waals surface area contributed by atoms with Crippen molar-refractivity contribution < 1.29 is 28.9 Å². The normalized spacial score (nSPS) is 20.4. The van der Waals surface area contributed by atoms with Crippen molar-refractivity contribution in [3.8, 4) is 17.2 Å². The lowest BCUT2D eigenvalue weighted by molar-refractivity contribution is -0.132. The summed E-state index contributed by atoms with van der Waals surface area (Å²) in [6, 6.07) is 9.48. The molecule has 1 amide bonds. The Morgan fingerprint density at radius 2 is 2.00 bits per heavy atom. The first-order valence-electron chi connectivity index (χ1n) is 11.5. The zero-order chi connectivity index (χ0) is 25.6. The number of Topliss-reactive ketones (excluding diaryl/α,β-unsaturated/α-hetero) is 1. The van der Waals surface area contributed by atoms with E-state index < -0.39 is 17.7 Å². The van der Waals surface area contributed by atoms with Crippen LogP contribution in [0.3, 0.4) is 0 Å². The molecule has 1 saturated heterocycles.